The van der Waals surface area contributed by atoms with Crippen molar-refractivity contribution in [2.45, 2.75) is 17.8 Å². The molecule has 1 N–H and O–H groups in total. The maximum Gasteiger partial charge on any atom is 0.230 e. The van der Waals surface area contributed by atoms with Gasteiger partial charge in [0.05, 0.1) is 11.4 Å². The van der Waals surface area contributed by atoms with Crippen molar-refractivity contribution in [2.24, 2.45) is 0 Å². The first-order valence-electron chi connectivity index (χ1n) is 7.82. The van der Waals surface area contributed by atoms with Gasteiger partial charge in [-0.2, -0.15) is 0 Å². The number of carbonyl (C=O) groups excluding carboxylic acids is 1. The number of nitrogens with one attached hydrogen (secondary N) is 1. The van der Waals surface area contributed by atoms with Crippen molar-refractivity contribution in [3.05, 3.63) is 69.4 Å². The maximum atomic E-state index is 13.0. The molecule has 0 radical (unpaired) electrons. The van der Waals surface area contributed by atoms with Crippen LogP contribution < -0.4 is 5.32 Å². The van der Waals surface area contributed by atoms with E-state index in [2.05, 4.69) is 10.4 Å². The molecule has 2 aromatic carbocycles. The zero-order valence-corrected chi connectivity index (χ0v) is 16.4. The van der Waals surface area contributed by atoms with Crippen molar-refractivity contribution >= 4 is 41.2 Å². The molecular formula is C18H16FN3OS3. The molecule has 1 amide bonds. The Labute approximate surface area is 164 Å². The van der Waals surface area contributed by atoms with Crippen molar-refractivity contribution in [2.75, 3.05) is 5.75 Å². The van der Waals surface area contributed by atoms with Crippen LogP contribution in [0.4, 0.5) is 4.39 Å². The van der Waals surface area contributed by atoms with Crippen LogP contribution in [0.1, 0.15) is 11.1 Å². The Hall–Kier alpha value is -2.03. The van der Waals surface area contributed by atoms with Crippen molar-refractivity contribution < 1.29 is 9.18 Å². The van der Waals surface area contributed by atoms with Crippen LogP contribution in [-0.2, 0) is 11.3 Å². The Bertz CT molecular complexity index is 949. The third kappa shape index (κ3) is 5.00. The fraction of sp³-hybridized carbons (Fsp3) is 0.167. The molecule has 0 aliphatic heterocycles. The van der Waals surface area contributed by atoms with Gasteiger partial charge in [0.15, 0.2) is 8.29 Å². The molecule has 134 valence electrons. The van der Waals surface area contributed by atoms with E-state index in [1.54, 1.807) is 16.8 Å². The predicted octanol–water partition coefficient (Wildman–Crippen LogP) is 4.52. The third-order valence-corrected chi connectivity index (χ3v) is 5.90. The minimum atomic E-state index is -0.310. The number of thioether (sulfide) groups is 1. The van der Waals surface area contributed by atoms with E-state index < -0.39 is 0 Å². The average Bonchev–Trinajstić information content (AvgIpc) is 3.01. The number of hydrogen-bond donors (Lipinski definition) is 1. The third-order valence-electron chi connectivity index (χ3n) is 3.54. The van der Waals surface area contributed by atoms with E-state index in [0.29, 0.717) is 20.5 Å². The first-order valence-corrected chi connectivity index (χ1v) is 10.0. The molecule has 4 nitrogen and oxygen atoms in total. The van der Waals surface area contributed by atoms with Gasteiger partial charge in [0, 0.05) is 6.54 Å². The molecule has 0 aliphatic rings. The first-order chi connectivity index (χ1) is 12.5. The van der Waals surface area contributed by atoms with Crippen molar-refractivity contribution in [1.29, 1.82) is 0 Å². The molecule has 1 heterocycles. The number of rotatable bonds is 6. The van der Waals surface area contributed by atoms with Gasteiger partial charge in [0.1, 0.15) is 5.82 Å². The molecule has 0 unspecified atom stereocenters. The van der Waals surface area contributed by atoms with E-state index in [9.17, 15) is 9.18 Å². The molecule has 8 heteroatoms. The summed E-state index contributed by atoms with van der Waals surface area (Å²) in [5.41, 5.74) is 2.95. The summed E-state index contributed by atoms with van der Waals surface area (Å²) >= 11 is 7.96. The van der Waals surface area contributed by atoms with Gasteiger partial charge in [0.25, 0.3) is 0 Å². The SMILES string of the molecule is Cc1ccc(CNC(=O)CSc2nn(-c3ccc(F)cc3)c(=S)s2)cc1. The van der Waals surface area contributed by atoms with Crippen LogP contribution in [0.2, 0.25) is 0 Å². The number of aryl methyl sites for hydroxylation is 1. The van der Waals surface area contributed by atoms with Gasteiger partial charge in [-0.15, -0.1) is 5.10 Å². The van der Waals surface area contributed by atoms with Gasteiger partial charge in [0.2, 0.25) is 5.91 Å². The van der Waals surface area contributed by atoms with Crippen LogP contribution in [0.3, 0.4) is 0 Å². The van der Waals surface area contributed by atoms with Gasteiger partial charge < -0.3 is 5.32 Å². The molecule has 0 saturated heterocycles. The summed E-state index contributed by atoms with van der Waals surface area (Å²) in [6, 6.07) is 14.0. The molecular weight excluding hydrogens is 389 g/mol. The highest BCUT2D eigenvalue weighted by Gasteiger charge is 2.09. The minimum Gasteiger partial charge on any atom is -0.351 e. The largest absolute Gasteiger partial charge is 0.351 e. The quantitative estimate of drug-likeness (QED) is 0.484. The molecule has 0 saturated carbocycles. The average molecular weight is 406 g/mol. The number of hydrogen-bond acceptors (Lipinski definition) is 5. The Kier molecular flexibility index (Phi) is 6.18. The van der Waals surface area contributed by atoms with Gasteiger partial charge in [-0.05, 0) is 49.0 Å². The van der Waals surface area contributed by atoms with E-state index in [1.165, 1.54) is 40.8 Å². The number of aromatic nitrogens is 2. The van der Waals surface area contributed by atoms with Gasteiger partial charge >= 0.3 is 0 Å². The van der Waals surface area contributed by atoms with E-state index in [-0.39, 0.29) is 17.5 Å². The van der Waals surface area contributed by atoms with Crippen LogP contribution in [0.15, 0.2) is 52.9 Å². The predicted molar refractivity (Wildman–Crippen MR) is 106 cm³/mol. The van der Waals surface area contributed by atoms with Gasteiger partial charge in [-0.1, -0.05) is 52.9 Å². The second-order valence-electron chi connectivity index (χ2n) is 5.57. The maximum absolute atomic E-state index is 13.0. The Morgan fingerprint density at radius 2 is 1.92 bits per heavy atom. The minimum absolute atomic E-state index is 0.0648. The molecule has 0 fully saturated rings. The van der Waals surface area contributed by atoms with Crippen LogP contribution >= 0.6 is 35.3 Å². The number of carbonyl (C=O) groups is 1. The van der Waals surface area contributed by atoms with Crippen LogP contribution in [0, 0.1) is 16.7 Å². The lowest BCUT2D eigenvalue weighted by Gasteiger charge is -2.05. The lowest BCUT2D eigenvalue weighted by atomic mass is 10.1. The smallest absolute Gasteiger partial charge is 0.230 e. The number of benzene rings is 2. The summed E-state index contributed by atoms with van der Waals surface area (Å²) in [4.78, 5) is 12.0. The molecule has 0 spiro atoms. The van der Waals surface area contributed by atoms with Crippen molar-refractivity contribution in [1.82, 2.24) is 15.1 Å². The molecule has 3 rings (SSSR count). The zero-order valence-electron chi connectivity index (χ0n) is 13.9. The summed E-state index contributed by atoms with van der Waals surface area (Å²) < 4.78 is 15.9. The highest BCUT2D eigenvalue weighted by atomic mass is 32.2. The fourth-order valence-corrected chi connectivity index (χ4v) is 4.34. The number of nitrogens with zero attached hydrogens (tertiary/aromatic N) is 2. The second kappa shape index (κ2) is 8.57. The summed E-state index contributed by atoms with van der Waals surface area (Å²) in [6.07, 6.45) is 0. The zero-order chi connectivity index (χ0) is 18.5. The lowest BCUT2D eigenvalue weighted by molar-refractivity contribution is -0.118. The summed E-state index contributed by atoms with van der Waals surface area (Å²) in [6.45, 7) is 2.53. The van der Waals surface area contributed by atoms with E-state index >= 15 is 0 Å². The molecule has 26 heavy (non-hydrogen) atoms. The Morgan fingerprint density at radius 1 is 1.23 bits per heavy atom. The van der Waals surface area contributed by atoms with E-state index in [4.69, 9.17) is 12.2 Å². The van der Waals surface area contributed by atoms with Crippen LogP contribution in [0.5, 0.6) is 0 Å². The highest BCUT2D eigenvalue weighted by molar-refractivity contribution is 8.01. The van der Waals surface area contributed by atoms with Crippen molar-refractivity contribution in [3.63, 3.8) is 0 Å². The second-order valence-corrected chi connectivity index (χ2v) is 8.42. The summed E-state index contributed by atoms with van der Waals surface area (Å²) in [7, 11) is 0. The van der Waals surface area contributed by atoms with E-state index in [0.717, 1.165) is 5.56 Å². The topological polar surface area (TPSA) is 46.9 Å². The number of amides is 1. The number of halogens is 1. The first kappa shape index (κ1) is 18.8. The molecule has 1 aromatic heterocycles. The Balaban J connectivity index is 1.55. The van der Waals surface area contributed by atoms with Crippen LogP contribution in [-0.4, -0.2) is 21.4 Å². The van der Waals surface area contributed by atoms with Gasteiger partial charge in [-0.25, -0.2) is 9.07 Å². The molecule has 3 aromatic rings. The van der Waals surface area contributed by atoms with Gasteiger partial charge in [-0.3, -0.25) is 4.79 Å². The standard InChI is InChI=1S/C18H16FN3OS3/c1-12-2-4-13(5-3-12)10-20-16(23)11-25-17-21-22(18(24)26-17)15-8-6-14(19)7-9-15/h2-9H,10-11H2,1H3,(H,20,23). The highest BCUT2D eigenvalue weighted by Crippen LogP contribution is 2.24. The Morgan fingerprint density at radius 3 is 2.62 bits per heavy atom. The molecule has 0 aliphatic carbocycles. The fourth-order valence-electron chi connectivity index (χ4n) is 2.15. The summed E-state index contributed by atoms with van der Waals surface area (Å²) in [5, 5.41) is 7.29. The normalized spacial score (nSPS) is 10.7. The molecule has 0 bridgehead atoms. The molecule has 0 atom stereocenters. The van der Waals surface area contributed by atoms with Crippen LogP contribution in [0.25, 0.3) is 5.69 Å². The monoisotopic (exact) mass is 405 g/mol. The summed E-state index contributed by atoms with van der Waals surface area (Å²) in [5.74, 6) is -0.113. The lowest BCUT2D eigenvalue weighted by Crippen LogP contribution is -2.24. The van der Waals surface area contributed by atoms with Crippen molar-refractivity contribution in [3.8, 4) is 5.69 Å². The van der Waals surface area contributed by atoms with E-state index in [1.807, 2.05) is 31.2 Å².